The third-order valence-electron chi connectivity index (χ3n) is 1.99. The molecule has 0 rings (SSSR count). The summed E-state index contributed by atoms with van der Waals surface area (Å²) in [5, 5.41) is 1.18. The summed E-state index contributed by atoms with van der Waals surface area (Å²) >= 11 is 3.44. The molecule has 0 spiro atoms. The Morgan fingerprint density at radius 1 is 0.750 bits per heavy atom. The van der Waals surface area contributed by atoms with E-state index in [1.807, 2.05) is 0 Å². The molecule has 76 valence electrons. The molecule has 0 saturated carbocycles. The lowest BCUT2D eigenvalue weighted by atomic mass is 10.1. The Hall–Kier alpha value is 0.770. The van der Waals surface area contributed by atoms with Crippen molar-refractivity contribution in [2.24, 2.45) is 0 Å². The zero-order valence-electron chi connectivity index (χ0n) is 8.15. The molecule has 0 aromatic heterocycles. The maximum absolute atomic E-state index is 3.44. The second-order valence-corrected chi connectivity index (χ2v) is 3.96. The molecule has 2 heteroatoms. The van der Waals surface area contributed by atoms with Crippen LogP contribution < -0.4 is 0 Å². The van der Waals surface area contributed by atoms with Crippen molar-refractivity contribution in [2.75, 3.05) is 5.33 Å². The minimum absolute atomic E-state index is 0. The Labute approximate surface area is 92.0 Å². The molecule has 0 aromatic carbocycles. The summed E-state index contributed by atoms with van der Waals surface area (Å²) in [6, 6.07) is 0. The number of hydrogen-bond acceptors (Lipinski definition) is 0. The van der Waals surface area contributed by atoms with Gasteiger partial charge in [0.05, 0.1) is 0 Å². The van der Waals surface area contributed by atoms with Crippen molar-refractivity contribution in [1.82, 2.24) is 0 Å². The van der Waals surface area contributed by atoms with Gasteiger partial charge in [-0.2, -0.15) is 0 Å². The summed E-state index contributed by atoms with van der Waals surface area (Å²) in [5.41, 5.74) is 0. The number of halogens is 2. The van der Waals surface area contributed by atoms with Crippen LogP contribution in [0.4, 0.5) is 0 Å². The van der Waals surface area contributed by atoms with Crippen LogP contribution in [0.3, 0.4) is 0 Å². The maximum atomic E-state index is 3.44. The molecular weight excluding hydrogens is 235 g/mol. The van der Waals surface area contributed by atoms with Gasteiger partial charge in [0.15, 0.2) is 0 Å². The second-order valence-electron chi connectivity index (χ2n) is 3.16. The number of alkyl halides is 1. The molecule has 0 bridgehead atoms. The summed E-state index contributed by atoms with van der Waals surface area (Å²) in [6.45, 7) is 2.27. The molecule has 0 unspecified atom stereocenters. The van der Waals surface area contributed by atoms with E-state index >= 15 is 0 Å². The van der Waals surface area contributed by atoms with Crippen LogP contribution in [-0.2, 0) is 0 Å². The average molecular weight is 258 g/mol. The SMILES string of the molecule is CCCCCCCCCCBr.Cl. The highest BCUT2D eigenvalue weighted by atomic mass is 79.9. The Bertz CT molecular complexity index is 58.9. The first-order valence-electron chi connectivity index (χ1n) is 4.97. The van der Waals surface area contributed by atoms with E-state index in [9.17, 15) is 0 Å². The van der Waals surface area contributed by atoms with E-state index < -0.39 is 0 Å². The van der Waals surface area contributed by atoms with Crippen molar-refractivity contribution in [2.45, 2.75) is 58.3 Å². The van der Waals surface area contributed by atoms with Crippen LogP contribution in [0.15, 0.2) is 0 Å². The maximum Gasteiger partial charge on any atom is 0.00313 e. The predicted molar refractivity (Wildman–Crippen MR) is 63.7 cm³/mol. The van der Waals surface area contributed by atoms with Crippen molar-refractivity contribution < 1.29 is 0 Å². The van der Waals surface area contributed by atoms with Gasteiger partial charge in [-0.05, 0) is 6.42 Å². The fraction of sp³-hybridized carbons (Fsp3) is 1.00. The first-order valence-corrected chi connectivity index (χ1v) is 6.10. The van der Waals surface area contributed by atoms with Gasteiger partial charge < -0.3 is 0 Å². The van der Waals surface area contributed by atoms with Crippen LogP contribution in [0.1, 0.15) is 58.3 Å². The first-order chi connectivity index (χ1) is 5.41. The molecule has 0 fully saturated rings. The fourth-order valence-corrected chi connectivity index (χ4v) is 1.62. The molecule has 0 N–H and O–H groups in total. The van der Waals surface area contributed by atoms with Crippen molar-refractivity contribution in [3.8, 4) is 0 Å². The molecule has 0 saturated heterocycles. The Balaban J connectivity index is 0. The van der Waals surface area contributed by atoms with E-state index in [0.29, 0.717) is 0 Å². The lowest BCUT2D eigenvalue weighted by molar-refractivity contribution is 0.587. The molecule has 0 aliphatic rings. The van der Waals surface area contributed by atoms with E-state index in [1.165, 1.54) is 56.7 Å². The van der Waals surface area contributed by atoms with Gasteiger partial charge in [0.1, 0.15) is 0 Å². The molecule has 12 heavy (non-hydrogen) atoms. The van der Waals surface area contributed by atoms with Gasteiger partial charge in [0.2, 0.25) is 0 Å². The van der Waals surface area contributed by atoms with Gasteiger partial charge in [-0.25, -0.2) is 0 Å². The molecule has 0 nitrogen and oxygen atoms in total. The zero-order chi connectivity index (χ0) is 8.36. The Kier molecular flexibility index (Phi) is 18.2. The van der Waals surface area contributed by atoms with E-state index in [1.54, 1.807) is 0 Å². The fourth-order valence-electron chi connectivity index (χ4n) is 1.23. The summed E-state index contributed by atoms with van der Waals surface area (Å²) < 4.78 is 0. The third-order valence-corrected chi connectivity index (χ3v) is 2.55. The monoisotopic (exact) mass is 256 g/mol. The molecule has 0 amide bonds. The van der Waals surface area contributed by atoms with E-state index in [2.05, 4.69) is 22.9 Å². The molecule has 0 aliphatic carbocycles. The lowest BCUT2D eigenvalue weighted by Crippen LogP contribution is -1.80. The van der Waals surface area contributed by atoms with Crippen LogP contribution in [-0.4, -0.2) is 5.33 Å². The standard InChI is InChI=1S/C10H21Br.ClH/c1-2-3-4-5-6-7-8-9-10-11;/h2-10H2,1H3;1H. The van der Waals surface area contributed by atoms with Crippen molar-refractivity contribution >= 4 is 28.3 Å². The number of unbranched alkanes of at least 4 members (excludes halogenated alkanes) is 7. The van der Waals surface area contributed by atoms with Gasteiger partial charge in [0.25, 0.3) is 0 Å². The van der Waals surface area contributed by atoms with Gasteiger partial charge in [0, 0.05) is 5.33 Å². The van der Waals surface area contributed by atoms with E-state index in [-0.39, 0.29) is 12.4 Å². The second kappa shape index (κ2) is 14.3. The van der Waals surface area contributed by atoms with Crippen LogP contribution in [0.25, 0.3) is 0 Å². The van der Waals surface area contributed by atoms with Crippen molar-refractivity contribution in [1.29, 1.82) is 0 Å². The Morgan fingerprint density at radius 2 is 1.17 bits per heavy atom. The first kappa shape index (κ1) is 15.3. The summed E-state index contributed by atoms with van der Waals surface area (Å²) in [7, 11) is 0. The summed E-state index contributed by atoms with van der Waals surface area (Å²) in [4.78, 5) is 0. The highest BCUT2D eigenvalue weighted by molar-refractivity contribution is 9.09. The highest BCUT2D eigenvalue weighted by Gasteiger charge is 1.89. The van der Waals surface area contributed by atoms with E-state index in [0.717, 1.165) is 0 Å². The van der Waals surface area contributed by atoms with Crippen LogP contribution in [0, 0.1) is 0 Å². The van der Waals surface area contributed by atoms with Gasteiger partial charge in [-0.15, -0.1) is 12.4 Å². The molecule has 0 aromatic rings. The lowest BCUT2D eigenvalue weighted by Gasteiger charge is -1.98. The predicted octanol–water partition coefficient (Wildman–Crippen LogP) is 4.94. The summed E-state index contributed by atoms with van der Waals surface area (Å²) in [6.07, 6.45) is 11.4. The Morgan fingerprint density at radius 3 is 1.58 bits per heavy atom. The van der Waals surface area contributed by atoms with Gasteiger partial charge >= 0.3 is 0 Å². The highest BCUT2D eigenvalue weighted by Crippen LogP contribution is 2.08. The summed E-state index contributed by atoms with van der Waals surface area (Å²) in [5.74, 6) is 0. The van der Waals surface area contributed by atoms with E-state index in [4.69, 9.17) is 0 Å². The molecule has 0 radical (unpaired) electrons. The quantitative estimate of drug-likeness (QED) is 0.427. The van der Waals surface area contributed by atoms with Crippen LogP contribution >= 0.6 is 28.3 Å². The van der Waals surface area contributed by atoms with Gasteiger partial charge in [-0.3, -0.25) is 0 Å². The smallest absolute Gasteiger partial charge is 0.00313 e. The minimum atomic E-state index is 0. The topological polar surface area (TPSA) is 0 Å². The van der Waals surface area contributed by atoms with Crippen molar-refractivity contribution in [3.05, 3.63) is 0 Å². The normalized spacial score (nSPS) is 9.50. The molecular formula is C10H22BrCl. The average Bonchev–Trinajstić information content (AvgIpc) is 2.03. The third kappa shape index (κ3) is 13.4. The van der Waals surface area contributed by atoms with Crippen molar-refractivity contribution in [3.63, 3.8) is 0 Å². The van der Waals surface area contributed by atoms with Crippen LogP contribution in [0.5, 0.6) is 0 Å². The minimum Gasteiger partial charge on any atom is -0.147 e. The number of rotatable bonds is 8. The molecule has 0 heterocycles. The largest absolute Gasteiger partial charge is 0.147 e. The molecule has 0 atom stereocenters. The van der Waals surface area contributed by atoms with Crippen LogP contribution in [0.2, 0.25) is 0 Å². The zero-order valence-corrected chi connectivity index (χ0v) is 10.6. The number of hydrogen-bond donors (Lipinski definition) is 0. The molecule has 0 aliphatic heterocycles. The van der Waals surface area contributed by atoms with Gasteiger partial charge in [-0.1, -0.05) is 67.8 Å².